The van der Waals surface area contributed by atoms with Crippen molar-refractivity contribution in [1.29, 1.82) is 0 Å². The van der Waals surface area contributed by atoms with Gasteiger partial charge >= 0.3 is 0 Å². The molecule has 0 aliphatic carbocycles. The van der Waals surface area contributed by atoms with Crippen molar-refractivity contribution in [3.05, 3.63) is 35.4 Å². The standard InChI is InChI=1S/C14H22N2O/c1-10(2)15-14(16(17)11(3)4)13-8-6-12(5)7-9-13/h6-11,17H,1-5H3. The molecule has 0 aliphatic heterocycles. The van der Waals surface area contributed by atoms with Crippen molar-refractivity contribution in [2.24, 2.45) is 4.99 Å². The van der Waals surface area contributed by atoms with Crippen LogP contribution in [0, 0.1) is 6.92 Å². The van der Waals surface area contributed by atoms with Crippen LogP contribution in [0.1, 0.15) is 38.8 Å². The molecule has 1 aromatic carbocycles. The molecule has 3 heteroatoms. The van der Waals surface area contributed by atoms with E-state index < -0.39 is 0 Å². The van der Waals surface area contributed by atoms with Crippen LogP contribution in [-0.4, -0.2) is 28.2 Å². The van der Waals surface area contributed by atoms with Gasteiger partial charge in [-0.3, -0.25) is 10.2 Å². The Kier molecular flexibility index (Phi) is 4.70. The van der Waals surface area contributed by atoms with E-state index in [1.165, 1.54) is 10.6 Å². The normalized spacial score (nSPS) is 12.4. The van der Waals surface area contributed by atoms with Crippen LogP contribution in [0.3, 0.4) is 0 Å². The molecule has 1 aromatic rings. The molecule has 0 aromatic heterocycles. The highest BCUT2D eigenvalue weighted by Crippen LogP contribution is 2.10. The molecule has 0 atom stereocenters. The Morgan fingerprint density at radius 2 is 1.65 bits per heavy atom. The average Bonchev–Trinajstić information content (AvgIpc) is 2.26. The maximum absolute atomic E-state index is 10.1. The Labute approximate surface area is 104 Å². The van der Waals surface area contributed by atoms with Crippen LogP contribution in [0.2, 0.25) is 0 Å². The van der Waals surface area contributed by atoms with Gasteiger partial charge in [-0.2, -0.15) is 0 Å². The van der Waals surface area contributed by atoms with E-state index in [2.05, 4.69) is 4.99 Å². The van der Waals surface area contributed by atoms with Crippen molar-refractivity contribution in [3.63, 3.8) is 0 Å². The lowest BCUT2D eigenvalue weighted by molar-refractivity contribution is -0.0416. The summed E-state index contributed by atoms with van der Waals surface area (Å²) >= 11 is 0. The molecular weight excluding hydrogens is 212 g/mol. The zero-order valence-electron chi connectivity index (χ0n) is 11.3. The number of hydrogen-bond donors (Lipinski definition) is 1. The Morgan fingerprint density at radius 1 is 1.12 bits per heavy atom. The molecule has 17 heavy (non-hydrogen) atoms. The second-order valence-corrected chi connectivity index (χ2v) is 4.85. The SMILES string of the molecule is Cc1ccc(C(=NC(C)C)N(O)C(C)C)cc1. The maximum atomic E-state index is 10.1. The van der Waals surface area contributed by atoms with E-state index in [1.807, 2.05) is 58.9 Å². The second kappa shape index (κ2) is 5.82. The molecule has 0 aliphatic rings. The van der Waals surface area contributed by atoms with Gasteiger partial charge < -0.3 is 0 Å². The lowest BCUT2D eigenvalue weighted by Crippen LogP contribution is -2.35. The summed E-state index contributed by atoms with van der Waals surface area (Å²) in [7, 11) is 0. The molecule has 0 saturated carbocycles. The smallest absolute Gasteiger partial charge is 0.155 e. The fourth-order valence-corrected chi connectivity index (χ4v) is 1.46. The van der Waals surface area contributed by atoms with Gasteiger partial charge in [-0.1, -0.05) is 29.8 Å². The van der Waals surface area contributed by atoms with Gasteiger partial charge in [-0.25, -0.2) is 5.06 Å². The third-order valence-electron chi connectivity index (χ3n) is 2.40. The predicted octanol–water partition coefficient (Wildman–Crippen LogP) is 3.25. The summed E-state index contributed by atoms with van der Waals surface area (Å²) < 4.78 is 0. The second-order valence-electron chi connectivity index (χ2n) is 4.85. The molecule has 0 bridgehead atoms. The van der Waals surface area contributed by atoms with Crippen LogP contribution in [0.15, 0.2) is 29.3 Å². The first-order valence-electron chi connectivity index (χ1n) is 6.04. The molecule has 0 unspecified atom stereocenters. The monoisotopic (exact) mass is 234 g/mol. The van der Waals surface area contributed by atoms with E-state index in [0.717, 1.165) is 5.56 Å². The molecule has 3 nitrogen and oxygen atoms in total. The zero-order chi connectivity index (χ0) is 13.0. The van der Waals surface area contributed by atoms with Crippen molar-refractivity contribution in [2.45, 2.75) is 46.7 Å². The van der Waals surface area contributed by atoms with E-state index in [-0.39, 0.29) is 12.1 Å². The fourth-order valence-electron chi connectivity index (χ4n) is 1.46. The van der Waals surface area contributed by atoms with Crippen molar-refractivity contribution in [3.8, 4) is 0 Å². The molecule has 0 heterocycles. The van der Waals surface area contributed by atoms with Crippen molar-refractivity contribution in [1.82, 2.24) is 5.06 Å². The Bertz CT molecular complexity index is 380. The third kappa shape index (κ3) is 3.86. The number of aryl methyl sites for hydroxylation is 1. The van der Waals surface area contributed by atoms with Crippen LogP contribution in [-0.2, 0) is 0 Å². The maximum Gasteiger partial charge on any atom is 0.155 e. The average molecular weight is 234 g/mol. The van der Waals surface area contributed by atoms with Crippen molar-refractivity contribution < 1.29 is 5.21 Å². The number of rotatable bonds is 3. The lowest BCUT2D eigenvalue weighted by Gasteiger charge is -2.24. The van der Waals surface area contributed by atoms with E-state index in [1.54, 1.807) is 0 Å². The summed E-state index contributed by atoms with van der Waals surface area (Å²) in [5.74, 6) is 0.634. The summed E-state index contributed by atoms with van der Waals surface area (Å²) in [6.07, 6.45) is 0. The van der Waals surface area contributed by atoms with Gasteiger partial charge in [0.15, 0.2) is 5.84 Å². The largest absolute Gasteiger partial charge is 0.287 e. The topological polar surface area (TPSA) is 35.8 Å². The third-order valence-corrected chi connectivity index (χ3v) is 2.40. The van der Waals surface area contributed by atoms with E-state index >= 15 is 0 Å². The van der Waals surface area contributed by atoms with Crippen LogP contribution in [0.4, 0.5) is 0 Å². The summed E-state index contributed by atoms with van der Waals surface area (Å²) in [4.78, 5) is 4.49. The van der Waals surface area contributed by atoms with Crippen LogP contribution < -0.4 is 0 Å². The zero-order valence-corrected chi connectivity index (χ0v) is 11.3. The molecule has 1 rings (SSSR count). The molecule has 0 amide bonds. The fraction of sp³-hybridized carbons (Fsp3) is 0.500. The van der Waals surface area contributed by atoms with E-state index in [9.17, 15) is 5.21 Å². The van der Waals surface area contributed by atoms with E-state index in [4.69, 9.17) is 0 Å². The van der Waals surface area contributed by atoms with E-state index in [0.29, 0.717) is 5.84 Å². The Morgan fingerprint density at radius 3 is 2.06 bits per heavy atom. The van der Waals surface area contributed by atoms with Gasteiger partial charge in [0.05, 0.1) is 6.04 Å². The van der Waals surface area contributed by atoms with Crippen LogP contribution >= 0.6 is 0 Å². The molecule has 94 valence electrons. The lowest BCUT2D eigenvalue weighted by atomic mass is 10.1. The summed E-state index contributed by atoms with van der Waals surface area (Å²) in [5, 5.41) is 11.3. The first-order valence-corrected chi connectivity index (χ1v) is 6.04. The minimum atomic E-state index is 0.00815. The first-order chi connectivity index (χ1) is 7.91. The quantitative estimate of drug-likeness (QED) is 0.495. The molecule has 0 fully saturated rings. The van der Waals surface area contributed by atoms with Gasteiger partial charge in [0.2, 0.25) is 0 Å². The molecular formula is C14H22N2O. The van der Waals surface area contributed by atoms with Crippen LogP contribution in [0.5, 0.6) is 0 Å². The molecule has 0 saturated heterocycles. The van der Waals surface area contributed by atoms with Crippen molar-refractivity contribution in [2.75, 3.05) is 0 Å². The molecule has 0 radical (unpaired) electrons. The summed E-state index contributed by atoms with van der Waals surface area (Å²) in [6.45, 7) is 9.92. The number of nitrogens with zero attached hydrogens (tertiary/aromatic N) is 2. The first kappa shape index (κ1) is 13.7. The highest BCUT2D eigenvalue weighted by Gasteiger charge is 2.14. The van der Waals surface area contributed by atoms with Crippen LogP contribution in [0.25, 0.3) is 0 Å². The minimum Gasteiger partial charge on any atom is -0.287 e. The summed E-state index contributed by atoms with van der Waals surface area (Å²) in [5.41, 5.74) is 2.15. The number of aliphatic imine (C=N–C) groups is 1. The highest BCUT2D eigenvalue weighted by atomic mass is 16.5. The molecule has 0 spiro atoms. The van der Waals surface area contributed by atoms with Gasteiger partial charge in [0, 0.05) is 11.6 Å². The summed E-state index contributed by atoms with van der Waals surface area (Å²) in [6, 6.07) is 8.19. The minimum absolute atomic E-state index is 0.00815. The number of amidine groups is 1. The molecule has 1 N–H and O–H groups in total. The highest BCUT2D eigenvalue weighted by molar-refractivity contribution is 5.98. The van der Waals surface area contributed by atoms with Gasteiger partial charge in [-0.05, 0) is 34.6 Å². The van der Waals surface area contributed by atoms with Gasteiger partial charge in [0.1, 0.15) is 0 Å². The number of hydroxylamine groups is 2. The Balaban J connectivity index is 3.11. The van der Waals surface area contributed by atoms with Gasteiger partial charge in [0.25, 0.3) is 0 Å². The number of hydrogen-bond acceptors (Lipinski definition) is 2. The number of benzene rings is 1. The van der Waals surface area contributed by atoms with Crippen molar-refractivity contribution >= 4 is 5.84 Å². The Hall–Kier alpha value is -1.35. The predicted molar refractivity (Wildman–Crippen MR) is 71.6 cm³/mol. The van der Waals surface area contributed by atoms with Gasteiger partial charge in [-0.15, -0.1) is 0 Å².